The fourth-order valence-electron chi connectivity index (χ4n) is 2.25. The van der Waals surface area contributed by atoms with E-state index in [9.17, 15) is 18.0 Å². The standard InChI is InChI=1S/C13H12F3N3OS/c1-19-5-4-10(11(19)20)21-12-17-8-3-2-7(13(14,15)16)6-9(8)18-12/h2-3,6,10H,4-5H2,1H3,(H,17,18). The lowest BCUT2D eigenvalue weighted by Crippen LogP contribution is -2.23. The Bertz CT molecular complexity index is 698. The zero-order chi connectivity index (χ0) is 15.2. The van der Waals surface area contributed by atoms with Crippen LogP contribution in [0.3, 0.4) is 0 Å². The van der Waals surface area contributed by atoms with Crippen molar-refractivity contribution in [1.82, 2.24) is 14.9 Å². The van der Waals surface area contributed by atoms with Crippen molar-refractivity contribution in [2.75, 3.05) is 13.6 Å². The second kappa shape index (κ2) is 4.94. The average molecular weight is 315 g/mol. The Kier molecular flexibility index (Phi) is 3.35. The highest BCUT2D eigenvalue weighted by molar-refractivity contribution is 8.00. The van der Waals surface area contributed by atoms with E-state index in [1.54, 1.807) is 11.9 Å². The van der Waals surface area contributed by atoms with Crippen molar-refractivity contribution in [2.24, 2.45) is 0 Å². The number of benzene rings is 1. The van der Waals surface area contributed by atoms with E-state index >= 15 is 0 Å². The number of fused-ring (bicyclic) bond motifs is 1. The first-order chi connectivity index (χ1) is 9.84. The molecule has 0 bridgehead atoms. The minimum atomic E-state index is -4.38. The van der Waals surface area contributed by atoms with Crippen molar-refractivity contribution in [3.05, 3.63) is 23.8 Å². The highest BCUT2D eigenvalue weighted by Gasteiger charge is 2.32. The Morgan fingerprint density at radius 2 is 2.19 bits per heavy atom. The molecule has 2 heterocycles. The summed E-state index contributed by atoms with van der Waals surface area (Å²) in [5.74, 6) is 0.0245. The number of aromatic nitrogens is 2. The van der Waals surface area contributed by atoms with Gasteiger partial charge in [0.25, 0.3) is 0 Å². The number of nitrogens with one attached hydrogen (secondary N) is 1. The van der Waals surface area contributed by atoms with Crippen molar-refractivity contribution in [3.63, 3.8) is 0 Å². The first-order valence-corrected chi connectivity index (χ1v) is 7.21. The van der Waals surface area contributed by atoms with Gasteiger partial charge in [-0.3, -0.25) is 4.79 Å². The topological polar surface area (TPSA) is 49.0 Å². The average Bonchev–Trinajstić information content (AvgIpc) is 2.94. The maximum Gasteiger partial charge on any atom is 0.416 e. The molecule has 4 nitrogen and oxygen atoms in total. The van der Waals surface area contributed by atoms with Gasteiger partial charge in [0, 0.05) is 13.6 Å². The zero-order valence-corrected chi connectivity index (χ0v) is 11.9. The summed E-state index contributed by atoms with van der Waals surface area (Å²) >= 11 is 1.26. The van der Waals surface area contributed by atoms with Crippen LogP contribution in [0.2, 0.25) is 0 Å². The van der Waals surface area contributed by atoms with Gasteiger partial charge in [0.1, 0.15) is 0 Å². The van der Waals surface area contributed by atoms with Crippen LogP contribution in [0.1, 0.15) is 12.0 Å². The van der Waals surface area contributed by atoms with Crippen molar-refractivity contribution >= 4 is 28.7 Å². The number of amides is 1. The SMILES string of the molecule is CN1CCC(Sc2nc3ccc(C(F)(F)F)cc3[nH]2)C1=O. The van der Waals surface area contributed by atoms with E-state index in [1.165, 1.54) is 17.8 Å². The van der Waals surface area contributed by atoms with Gasteiger partial charge < -0.3 is 9.88 Å². The number of imidazole rings is 1. The molecule has 1 aliphatic rings. The molecule has 1 fully saturated rings. The number of halogens is 3. The number of nitrogens with zero attached hydrogens (tertiary/aromatic N) is 2. The summed E-state index contributed by atoms with van der Waals surface area (Å²) in [6.45, 7) is 0.689. The number of thioether (sulfide) groups is 1. The molecule has 1 atom stereocenters. The van der Waals surface area contributed by atoms with Gasteiger partial charge in [0.15, 0.2) is 5.16 Å². The van der Waals surface area contributed by atoms with Gasteiger partial charge >= 0.3 is 6.18 Å². The predicted molar refractivity (Wildman–Crippen MR) is 73.0 cm³/mol. The van der Waals surface area contributed by atoms with Crippen LogP contribution in [0.4, 0.5) is 13.2 Å². The van der Waals surface area contributed by atoms with E-state index in [0.29, 0.717) is 29.2 Å². The molecule has 0 aliphatic carbocycles. The van der Waals surface area contributed by atoms with Gasteiger partial charge in [-0.25, -0.2) is 4.98 Å². The summed E-state index contributed by atoms with van der Waals surface area (Å²) in [7, 11) is 1.73. The fourth-order valence-corrected chi connectivity index (χ4v) is 3.35. The summed E-state index contributed by atoms with van der Waals surface area (Å²) in [4.78, 5) is 20.5. The van der Waals surface area contributed by atoms with E-state index in [1.807, 2.05) is 0 Å². The molecule has 1 saturated heterocycles. The Labute approximate surface area is 122 Å². The van der Waals surface area contributed by atoms with Crippen molar-refractivity contribution in [3.8, 4) is 0 Å². The molecular weight excluding hydrogens is 303 g/mol. The maximum absolute atomic E-state index is 12.7. The highest BCUT2D eigenvalue weighted by Crippen LogP contribution is 2.33. The molecule has 3 rings (SSSR count). The molecule has 8 heteroatoms. The summed E-state index contributed by atoms with van der Waals surface area (Å²) in [6, 6.07) is 3.38. The summed E-state index contributed by atoms with van der Waals surface area (Å²) in [6.07, 6.45) is -3.67. The minimum absolute atomic E-state index is 0.0245. The number of aromatic amines is 1. The lowest BCUT2D eigenvalue weighted by molar-refractivity contribution is -0.137. The summed E-state index contributed by atoms with van der Waals surface area (Å²) in [5.41, 5.74) is 0.0716. The van der Waals surface area contributed by atoms with Gasteiger partial charge in [-0.2, -0.15) is 13.2 Å². The van der Waals surface area contributed by atoms with E-state index in [4.69, 9.17) is 0 Å². The van der Waals surface area contributed by atoms with Crippen LogP contribution in [0.5, 0.6) is 0 Å². The second-order valence-corrected chi connectivity index (χ2v) is 6.12. The number of rotatable bonds is 2. The Balaban J connectivity index is 1.86. The molecule has 112 valence electrons. The molecule has 0 radical (unpaired) electrons. The number of hydrogen-bond donors (Lipinski definition) is 1. The van der Waals surface area contributed by atoms with Gasteiger partial charge in [0.05, 0.1) is 21.8 Å². The number of alkyl halides is 3. The first-order valence-electron chi connectivity index (χ1n) is 6.33. The van der Waals surface area contributed by atoms with Crippen LogP contribution >= 0.6 is 11.8 Å². The Morgan fingerprint density at radius 1 is 1.43 bits per heavy atom. The molecule has 1 aliphatic heterocycles. The monoisotopic (exact) mass is 315 g/mol. The van der Waals surface area contributed by atoms with Crippen LogP contribution in [0.25, 0.3) is 11.0 Å². The molecule has 1 aromatic carbocycles. The molecule has 1 aromatic heterocycles. The third-order valence-electron chi connectivity index (χ3n) is 3.42. The third-order valence-corrected chi connectivity index (χ3v) is 4.56. The lowest BCUT2D eigenvalue weighted by Gasteiger charge is -2.08. The quantitative estimate of drug-likeness (QED) is 0.927. The molecule has 1 unspecified atom stereocenters. The van der Waals surface area contributed by atoms with Gasteiger partial charge in [-0.1, -0.05) is 11.8 Å². The molecule has 1 amide bonds. The lowest BCUT2D eigenvalue weighted by atomic mass is 10.2. The van der Waals surface area contributed by atoms with Crippen LogP contribution in [-0.2, 0) is 11.0 Å². The van der Waals surface area contributed by atoms with Gasteiger partial charge in [0.2, 0.25) is 5.91 Å². The smallest absolute Gasteiger partial charge is 0.345 e. The van der Waals surface area contributed by atoms with Crippen LogP contribution in [0, 0.1) is 0 Å². The van der Waals surface area contributed by atoms with Gasteiger partial charge in [-0.15, -0.1) is 0 Å². The van der Waals surface area contributed by atoms with Crippen molar-refractivity contribution < 1.29 is 18.0 Å². The van der Waals surface area contributed by atoms with E-state index < -0.39 is 11.7 Å². The molecule has 0 spiro atoms. The van der Waals surface area contributed by atoms with Gasteiger partial charge in [-0.05, 0) is 24.6 Å². The Hall–Kier alpha value is -1.70. The van der Waals surface area contributed by atoms with Crippen LogP contribution < -0.4 is 0 Å². The zero-order valence-electron chi connectivity index (χ0n) is 11.1. The molecular formula is C13H12F3N3OS. The normalized spacial score (nSPS) is 19.7. The van der Waals surface area contributed by atoms with E-state index in [-0.39, 0.29) is 11.2 Å². The van der Waals surface area contributed by atoms with Crippen molar-refractivity contribution in [2.45, 2.75) is 23.0 Å². The molecule has 21 heavy (non-hydrogen) atoms. The first kappa shape index (κ1) is 14.2. The number of carbonyl (C=O) groups is 1. The minimum Gasteiger partial charge on any atom is -0.345 e. The number of likely N-dealkylation sites (tertiary alicyclic amines) is 1. The van der Waals surface area contributed by atoms with Crippen molar-refractivity contribution in [1.29, 1.82) is 0 Å². The maximum atomic E-state index is 12.7. The number of hydrogen-bond acceptors (Lipinski definition) is 3. The van der Waals surface area contributed by atoms with E-state index in [2.05, 4.69) is 9.97 Å². The van der Waals surface area contributed by atoms with E-state index in [0.717, 1.165) is 12.1 Å². The highest BCUT2D eigenvalue weighted by atomic mass is 32.2. The predicted octanol–water partition coefficient (Wildman–Crippen LogP) is 2.90. The summed E-state index contributed by atoms with van der Waals surface area (Å²) in [5, 5.41) is 0.246. The molecule has 2 aromatic rings. The summed E-state index contributed by atoms with van der Waals surface area (Å²) < 4.78 is 38.0. The largest absolute Gasteiger partial charge is 0.416 e. The van der Waals surface area contributed by atoms with Crippen LogP contribution in [-0.4, -0.2) is 39.6 Å². The second-order valence-electron chi connectivity index (χ2n) is 4.93. The number of H-pyrrole nitrogens is 1. The Morgan fingerprint density at radius 3 is 2.81 bits per heavy atom. The molecule has 0 saturated carbocycles. The van der Waals surface area contributed by atoms with Crippen LogP contribution in [0.15, 0.2) is 23.4 Å². The third kappa shape index (κ3) is 2.72. The molecule has 1 N–H and O–H groups in total. The number of carbonyl (C=O) groups excluding carboxylic acids is 1. The fraction of sp³-hybridized carbons (Fsp3) is 0.385.